The zero-order valence-corrected chi connectivity index (χ0v) is 10.0. The van der Waals surface area contributed by atoms with Crippen LogP contribution >= 0.6 is 0 Å². The maximum Gasteiger partial charge on any atom is 0.348 e. The summed E-state index contributed by atoms with van der Waals surface area (Å²) in [6.07, 6.45) is 1.34. The summed E-state index contributed by atoms with van der Waals surface area (Å²) in [4.78, 5) is 26.5. The van der Waals surface area contributed by atoms with E-state index in [-0.39, 0.29) is 11.6 Å². The van der Waals surface area contributed by atoms with Gasteiger partial charge in [0.25, 0.3) is 0 Å². The minimum absolute atomic E-state index is 0.0295. The van der Waals surface area contributed by atoms with Crippen LogP contribution in [0.3, 0.4) is 0 Å². The highest BCUT2D eigenvalue weighted by molar-refractivity contribution is 5.83. The highest BCUT2D eigenvalue weighted by Gasteiger charge is 2.19. The number of hydrogen-bond donors (Lipinski definition) is 3. The molecule has 2 aromatic rings. The monoisotopic (exact) mass is 250 g/mol. The molecule has 1 atom stereocenters. The molecule has 2 aromatic heterocycles. The largest absolute Gasteiger partial charge is 0.368 e. The molecule has 0 spiro atoms. The lowest BCUT2D eigenvalue weighted by molar-refractivity contribution is -0.119. The van der Waals surface area contributed by atoms with Crippen molar-refractivity contribution in [3.8, 4) is 0 Å². The molecule has 0 fully saturated rings. The predicted molar refractivity (Wildman–Crippen MR) is 65.1 cm³/mol. The van der Waals surface area contributed by atoms with Crippen molar-refractivity contribution in [1.82, 2.24) is 19.6 Å². The summed E-state index contributed by atoms with van der Waals surface area (Å²) >= 11 is 0. The van der Waals surface area contributed by atoms with Crippen molar-refractivity contribution in [2.75, 3.05) is 5.32 Å². The van der Waals surface area contributed by atoms with Gasteiger partial charge in [0, 0.05) is 6.07 Å². The van der Waals surface area contributed by atoms with Gasteiger partial charge in [0.1, 0.15) is 18.2 Å². The van der Waals surface area contributed by atoms with E-state index >= 15 is 0 Å². The first kappa shape index (κ1) is 12.1. The summed E-state index contributed by atoms with van der Waals surface area (Å²) in [5.74, 6) is 0.0204. The van der Waals surface area contributed by atoms with Crippen molar-refractivity contribution in [2.45, 2.75) is 19.9 Å². The molecular formula is C10H14N6O2. The van der Waals surface area contributed by atoms with Gasteiger partial charge in [-0.2, -0.15) is 5.10 Å². The number of aromatic amines is 1. The molecule has 0 bridgehead atoms. The molecule has 0 aliphatic carbocycles. The number of carbonyl (C=O) groups is 1. The first-order valence-electron chi connectivity index (χ1n) is 5.47. The van der Waals surface area contributed by atoms with Gasteiger partial charge in [-0.25, -0.2) is 19.3 Å². The summed E-state index contributed by atoms with van der Waals surface area (Å²) < 4.78 is 1.26. The fourth-order valence-corrected chi connectivity index (χ4v) is 1.61. The number of carbonyl (C=O) groups excluding carboxylic acids is 1. The van der Waals surface area contributed by atoms with Crippen LogP contribution in [0.25, 0.3) is 5.65 Å². The number of aromatic nitrogens is 4. The number of nitrogens with one attached hydrogen (secondary N) is 2. The highest BCUT2D eigenvalue weighted by Crippen LogP contribution is 2.10. The summed E-state index contributed by atoms with van der Waals surface area (Å²) in [5, 5.41) is 9.03. The van der Waals surface area contributed by atoms with Gasteiger partial charge >= 0.3 is 5.69 Å². The molecule has 0 aromatic carbocycles. The number of amides is 1. The van der Waals surface area contributed by atoms with Gasteiger partial charge in [0.05, 0.1) is 0 Å². The molecular weight excluding hydrogens is 236 g/mol. The van der Waals surface area contributed by atoms with Crippen LogP contribution in [0.5, 0.6) is 0 Å². The molecule has 0 saturated heterocycles. The lowest BCUT2D eigenvalue weighted by Gasteiger charge is -2.19. The average Bonchev–Trinajstić information content (AvgIpc) is 2.67. The van der Waals surface area contributed by atoms with Gasteiger partial charge in [0.15, 0.2) is 5.65 Å². The molecule has 1 unspecified atom stereocenters. The zero-order valence-electron chi connectivity index (χ0n) is 10.0. The first-order valence-corrected chi connectivity index (χ1v) is 5.47. The maximum atomic E-state index is 11.3. The van der Waals surface area contributed by atoms with E-state index in [0.717, 1.165) is 0 Å². The fourth-order valence-electron chi connectivity index (χ4n) is 1.61. The second kappa shape index (κ2) is 4.47. The van der Waals surface area contributed by atoms with Crippen LogP contribution in [0, 0.1) is 5.92 Å². The van der Waals surface area contributed by atoms with E-state index in [1.807, 2.05) is 13.8 Å². The van der Waals surface area contributed by atoms with E-state index in [0.29, 0.717) is 11.5 Å². The Labute approximate surface area is 102 Å². The molecule has 0 aliphatic rings. The van der Waals surface area contributed by atoms with Crippen LogP contribution in [0.15, 0.2) is 17.2 Å². The van der Waals surface area contributed by atoms with Crippen LogP contribution < -0.4 is 16.7 Å². The van der Waals surface area contributed by atoms with Crippen LogP contribution in [0.2, 0.25) is 0 Å². The Balaban J connectivity index is 2.31. The molecule has 2 rings (SSSR count). The van der Waals surface area contributed by atoms with E-state index in [1.54, 1.807) is 6.07 Å². The normalized spacial score (nSPS) is 12.8. The number of nitrogens with zero attached hydrogens (tertiary/aromatic N) is 3. The zero-order chi connectivity index (χ0) is 13.3. The number of hydrogen-bond acceptors (Lipinski definition) is 5. The molecule has 2 heterocycles. The number of primary amides is 1. The van der Waals surface area contributed by atoms with Crippen molar-refractivity contribution < 1.29 is 4.79 Å². The van der Waals surface area contributed by atoms with E-state index in [2.05, 4.69) is 20.5 Å². The molecule has 8 nitrogen and oxygen atoms in total. The minimum Gasteiger partial charge on any atom is -0.368 e. The molecule has 8 heteroatoms. The van der Waals surface area contributed by atoms with Gasteiger partial charge in [-0.3, -0.25) is 4.79 Å². The first-order chi connectivity index (χ1) is 8.49. The third-order valence-corrected chi connectivity index (χ3v) is 2.59. The average molecular weight is 250 g/mol. The van der Waals surface area contributed by atoms with Gasteiger partial charge in [0.2, 0.25) is 5.91 Å². The minimum atomic E-state index is -0.523. The third-order valence-electron chi connectivity index (χ3n) is 2.59. The van der Waals surface area contributed by atoms with E-state index in [9.17, 15) is 9.59 Å². The summed E-state index contributed by atoms with van der Waals surface area (Å²) in [5.41, 5.74) is 5.36. The number of H-pyrrole nitrogens is 1. The van der Waals surface area contributed by atoms with E-state index in [4.69, 9.17) is 5.73 Å². The Morgan fingerprint density at radius 1 is 1.56 bits per heavy atom. The standard InChI is InChI=1S/C10H14N6O2/c1-5(2)8(9(11)17)13-6-3-7-14-15-10(18)16(7)4-12-6/h3-5,8,13H,1-2H3,(H2,11,17)(H,15,18). The predicted octanol–water partition coefficient (Wildman–Crippen LogP) is -0.661. The molecule has 0 saturated carbocycles. The van der Waals surface area contributed by atoms with Gasteiger partial charge in [-0.15, -0.1) is 0 Å². The van der Waals surface area contributed by atoms with Crippen LogP contribution in [0.1, 0.15) is 13.8 Å². The molecule has 18 heavy (non-hydrogen) atoms. The number of anilines is 1. The van der Waals surface area contributed by atoms with E-state index in [1.165, 1.54) is 10.7 Å². The summed E-state index contributed by atoms with van der Waals surface area (Å²) in [6, 6.07) is 1.04. The quantitative estimate of drug-likeness (QED) is 0.665. The molecule has 0 radical (unpaired) electrons. The Hall–Kier alpha value is -2.38. The van der Waals surface area contributed by atoms with Crippen molar-refractivity contribution in [1.29, 1.82) is 0 Å². The van der Waals surface area contributed by atoms with Crippen molar-refractivity contribution in [3.63, 3.8) is 0 Å². The lowest BCUT2D eigenvalue weighted by Crippen LogP contribution is -2.39. The Kier molecular flexibility index (Phi) is 3.00. The van der Waals surface area contributed by atoms with Gasteiger partial charge in [-0.1, -0.05) is 13.8 Å². The SMILES string of the molecule is CC(C)C(Nc1cc2n[nH]c(=O)n2cn1)C(N)=O. The maximum absolute atomic E-state index is 11.3. The Bertz CT molecular complexity index is 629. The summed E-state index contributed by atoms with van der Waals surface area (Å²) in [7, 11) is 0. The topological polar surface area (TPSA) is 118 Å². The number of rotatable bonds is 4. The lowest BCUT2D eigenvalue weighted by atomic mass is 10.0. The smallest absolute Gasteiger partial charge is 0.348 e. The van der Waals surface area contributed by atoms with Crippen molar-refractivity contribution in [2.24, 2.45) is 11.7 Å². The fraction of sp³-hybridized carbons (Fsp3) is 0.400. The van der Waals surface area contributed by atoms with Crippen LogP contribution in [-0.4, -0.2) is 31.5 Å². The number of nitrogens with two attached hydrogens (primary N) is 1. The van der Waals surface area contributed by atoms with Crippen LogP contribution in [0.4, 0.5) is 5.82 Å². The molecule has 0 aliphatic heterocycles. The Morgan fingerprint density at radius 3 is 2.89 bits per heavy atom. The van der Waals surface area contributed by atoms with Crippen LogP contribution in [-0.2, 0) is 4.79 Å². The van der Waals surface area contributed by atoms with Gasteiger partial charge in [-0.05, 0) is 5.92 Å². The number of fused-ring (bicyclic) bond motifs is 1. The van der Waals surface area contributed by atoms with Gasteiger partial charge < -0.3 is 11.1 Å². The molecule has 1 amide bonds. The Morgan fingerprint density at radius 2 is 2.28 bits per heavy atom. The van der Waals surface area contributed by atoms with E-state index < -0.39 is 11.9 Å². The second-order valence-electron chi connectivity index (χ2n) is 4.30. The summed E-state index contributed by atoms with van der Waals surface area (Å²) in [6.45, 7) is 3.75. The third kappa shape index (κ3) is 2.17. The van der Waals surface area contributed by atoms with Crippen molar-refractivity contribution in [3.05, 3.63) is 22.9 Å². The second-order valence-corrected chi connectivity index (χ2v) is 4.30. The molecule has 4 N–H and O–H groups in total. The molecule has 96 valence electrons. The van der Waals surface area contributed by atoms with Crippen molar-refractivity contribution >= 4 is 17.4 Å². The highest BCUT2D eigenvalue weighted by atomic mass is 16.2.